The molecule has 5 nitrogen and oxygen atoms in total. The predicted molar refractivity (Wildman–Crippen MR) is 87.3 cm³/mol. The molecule has 2 bridgehead atoms. The minimum atomic E-state index is -0.419. The molecule has 2 fully saturated rings. The summed E-state index contributed by atoms with van der Waals surface area (Å²) in [6.07, 6.45) is 6.19. The molecule has 4 unspecified atom stereocenters. The molecule has 0 spiro atoms. The molecule has 4 aliphatic rings. The van der Waals surface area contributed by atoms with Crippen LogP contribution >= 0.6 is 0 Å². The number of hydrogen-bond donors (Lipinski definition) is 0. The largest absolute Gasteiger partial charge is 0.423 e. The predicted octanol–water partition coefficient (Wildman–Crippen LogP) is 2.49. The van der Waals surface area contributed by atoms with Crippen LogP contribution in [0.4, 0.5) is 5.69 Å². The molecule has 2 heterocycles. The van der Waals surface area contributed by atoms with Gasteiger partial charge in [0.25, 0.3) is 0 Å². The van der Waals surface area contributed by atoms with Gasteiger partial charge in [0.2, 0.25) is 11.8 Å². The van der Waals surface area contributed by atoms with Crippen molar-refractivity contribution < 1.29 is 14.0 Å². The average molecular weight is 321 g/mol. The molecular weight excluding hydrogens is 306 g/mol. The van der Waals surface area contributed by atoms with Crippen molar-refractivity contribution in [2.45, 2.75) is 12.8 Å². The van der Waals surface area contributed by atoms with Gasteiger partial charge in [0.15, 0.2) is 0 Å². The summed E-state index contributed by atoms with van der Waals surface area (Å²) in [7, 11) is 0. The fourth-order valence-electron chi connectivity index (χ4n) is 4.53. The summed E-state index contributed by atoms with van der Waals surface area (Å²) in [6.45, 7) is 0. The zero-order valence-corrected chi connectivity index (χ0v) is 12.8. The lowest BCUT2D eigenvalue weighted by molar-refractivity contribution is -0.124. The number of amides is 2. The van der Waals surface area contributed by atoms with E-state index in [1.54, 1.807) is 24.3 Å². The van der Waals surface area contributed by atoms with Crippen molar-refractivity contribution >= 4 is 28.5 Å². The third kappa shape index (κ3) is 1.72. The Hall–Kier alpha value is -2.69. The van der Waals surface area contributed by atoms with Crippen molar-refractivity contribution in [2.24, 2.45) is 23.7 Å². The number of nitrogens with zero attached hydrogens (tertiary/aromatic N) is 1. The Kier molecular flexibility index (Phi) is 2.66. The first-order valence-electron chi connectivity index (χ1n) is 8.23. The summed E-state index contributed by atoms with van der Waals surface area (Å²) in [6, 6.07) is 8.04. The second-order valence-electron chi connectivity index (χ2n) is 6.83. The smallest absolute Gasteiger partial charge is 0.336 e. The minimum absolute atomic E-state index is 0.0965. The Balaban J connectivity index is 1.60. The molecule has 3 aliphatic carbocycles. The van der Waals surface area contributed by atoms with Gasteiger partial charge in [-0.25, -0.2) is 9.69 Å². The molecule has 1 aromatic heterocycles. The second kappa shape index (κ2) is 4.66. The number of rotatable bonds is 1. The number of fused-ring (bicyclic) bond motifs is 2. The van der Waals surface area contributed by atoms with E-state index in [1.165, 1.54) is 11.0 Å². The summed E-state index contributed by atoms with van der Waals surface area (Å²) in [5.74, 6) is -0.266. The van der Waals surface area contributed by atoms with E-state index in [1.807, 2.05) is 0 Å². The van der Waals surface area contributed by atoms with Crippen molar-refractivity contribution in [3.05, 3.63) is 52.9 Å². The lowest BCUT2D eigenvalue weighted by Crippen LogP contribution is -2.38. The van der Waals surface area contributed by atoms with Gasteiger partial charge < -0.3 is 4.42 Å². The SMILES string of the molecule is O=C1C2C3C=CC(CC3)C2C(=O)N1c1ccc2oc(=O)ccc2c1. The lowest BCUT2D eigenvalue weighted by Gasteiger charge is -2.38. The van der Waals surface area contributed by atoms with Crippen LogP contribution in [0.25, 0.3) is 11.0 Å². The number of allylic oxidation sites excluding steroid dienone is 2. The molecule has 4 atom stereocenters. The molecule has 1 aliphatic heterocycles. The Labute approximate surface area is 137 Å². The molecule has 2 amide bonds. The summed E-state index contributed by atoms with van der Waals surface area (Å²) >= 11 is 0. The number of hydrogen-bond acceptors (Lipinski definition) is 4. The average Bonchev–Trinajstić information content (AvgIpc) is 2.89. The van der Waals surface area contributed by atoms with Gasteiger partial charge in [-0.15, -0.1) is 0 Å². The highest BCUT2D eigenvalue weighted by molar-refractivity contribution is 6.23. The van der Waals surface area contributed by atoms with Gasteiger partial charge in [0, 0.05) is 11.5 Å². The van der Waals surface area contributed by atoms with Crippen LogP contribution in [0.1, 0.15) is 12.8 Å². The highest BCUT2D eigenvalue weighted by Crippen LogP contribution is 2.50. The monoisotopic (exact) mass is 321 g/mol. The number of carbonyl (C=O) groups excluding carboxylic acids is 2. The van der Waals surface area contributed by atoms with Gasteiger partial charge in [0.1, 0.15) is 5.58 Å². The van der Waals surface area contributed by atoms with Gasteiger partial charge in [-0.1, -0.05) is 12.2 Å². The zero-order valence-electron chi connectivity index (χ0n) is 12.8. The molecule has 0 N–H and O–H groups in total. The van der Waals surface area contributed by atoms with E-state index < -0.39 is 5.63 Å². The maximum atomic E-state index is 12.9. The van der Waals surface area contributed by atoms with Gasteiger partial charge in [0.05, 0.1) is 17.5 Å². The van der Waals surface area contributed by atoms with E-state index in [4.69, 9.17) is 4.42 Å². The van der Waals surface area contributed by atoms with Gasteiger partial charge in [-0.05, 0) is 48.9 Å². The summed E-state index contributed by atoms with van der Waals surface area (Å²) < 4.78 is 5.12. The van der Waals surface area contributed by atoms with Crippen LogP contribution in [0.15, 0.2) is 51.7 Å². The fraction of sp³-hybridized carbons (Fsp3) is 0.316. The Morgan fingerprint density at radius 3 is 2.17 bits per heavy atom. The maximum absolute atomic E-state index is 12.9. The van der Waals surface area contributed by atoms with E-state index in [0.717, 1.165) is 12.8 Å². The fourth-order valence-corrected chi connectivity index (χ4v) is 4.53. The molecule has 120 valence electrons. The first kappa shape index (κ1) is 13.7. The van der Waals surface area contributed by atoms with E-state index in [-0.39, 0.29) is 35.5 Å². The van der Waals surface area contributed by atoms with Crippen molar-refractivity contribution in [3.8, 4) is 0 Å². The zero-order chi connectivity index (χ0) is 16.4. The number of benzene rings is 1. The molecule has 24 heavy (non-hydrogen) atoms. The highest BCUT2D eigenvalue weighted by Gasteiger charge is 2.56. The number of anilines is 1. The summed E-state index contributed by atoms with van der Waals surface area (Å²) in [4.78, 5) is 38.5. The highest BCUT2D eigenvalue weighted by atomic mass is 16.4. The Morgan fingerprint density at radius 1 is 0.875 bits per heavy atom. The molecule has 6 rings (SSSR count). The van der Waals surface area contributed by atoms with Gasteiger partial charge >= 0.3 is 5.63 Å². The van der Waals surface area contributed by atoms with Crippen LogP contribution in [-0.4, -0.2) is 11.8 Å². The van der Waals surface area contributed by atoms with Crippen LogP contribution < -0.4 is 10.5 Å². The van der Waals surface area contributed by atoms with Crippen molar-refractivity contribution in [3.63, 3.8) is 0 Å². The Bertz CT molecular complexity index is 941. The molecule has 1 aromatic carbocycles. The van der Waals surface area contributed by atoms with Crippen molar-refractivity contribution in [1.82, 2.24) is 0 Å². The third-order valence-corrected chi connectivity index (χ3v) is 5.62. The molecule has 2 aromatic rings. The van der Waals surface area contributed by atoms with E-state index in [0.29, 0.717) is 16.7 Å². The van der Waals surface area contributed by atoms with Crippen LogP contribution in [0.5, 0.6) is 0 Å². The van der Waals surface area contributed by atoms with Crippen molar-refractivity contribution in [1.29, 1.82) is 0 Å². The normalized spacial score (nSPS) is 31.1. The number of carbonyl (C=O) groups is 2. The number of imide groups is 1. The Morgan fingerprint density at radius 2 is 1.54 bits per heavy atom. The lowest BCUT2D eigenvalue weighted by atomic mass is 9.63. The minimum Gasteiger partial charge on any atom is -0.423 e. The first-order chi connectivity index (χ1) is 11.6. The van der Waals surface area contributed by atoms with Crippen LogP contribution in [0.2, 0.25) is 0 Å². The summed E-state index contributed by atoms with van der Waals surface area (Å²) in [5, 5.41) is 0.698. The molecule has 1 saturated heterocycles. The van der Waals surface area contributed by atoms with E-state index >= 15 is 0 Å². The van der Waals surface area contributed by atoms with Gasteiger partial charge in [-0.2, -0.15) is 0 Å². The maximum Gasteiger partial charge on any atom is 0.336 e. The molecule has 5 heteroatoms. The first-order valence-corrected chi connectivity index (χ1v) is 8.23. The van der Waals surface area contributed by atoms with Crippen LogP contribution in [0.3, 0.4) is 0 Å². The third-order valence-electron chi connectivity index (χ3n) is 5.62. The topological polar surface area (TPSA) is 67.6 Å². The van der Waals surface area contributed by atoms with Crippen molar-refractivity contribution in [2.75, 3.05) is 4.90 Å². The molecular formula is C19H15NO4. The van der Waals surface area contributed by atoms with Gasteiger partial charge in [-0.3, -0.25) is 9.59 Å². The quantitative estimate of drug-likeness (QED) is 0.460. The van der Waals surface area contributed by atoms with E-state index in [2.05, 4.69) is 12.2 Å². The summed E-state index contributed by atoms with van der Waals surface area (Å²) in [5.41, 5.74) is 0.585. The van der Waals surface area contributed by atoms with E-state index in [9.17, 15) is 14.4 Å². The molecule has 1 saturated carbocycles. The van der Waals surface area contributed by atoms with Crippen LogP contribution in [-0.2, 0) is 9.59 Å². The standard InChI is InChI=1S/C19H15NO4/c21-15-8-5-12-9-13(6-7-14(12)24-15)20-18(22)16-10-1-2-11(4-3-10)17(16)19(20)23/h1-2,5-11,16-17H,3-4H2. The second-order valence-corrected chi connectivity index (χ2v) is 6.83. The molecule has 0 radical (unpaired) electrons. The van der Waals surface area contributed by atoms with Crippen LogP contribution in [0, 0.1) is 23.7 Å².